The molecule has 1 aromatic carbocycles. The highest BCUT2D eigenvalue weighted by molar-refractivity contribution is 5.31. The summed E-state index contributed by atoms with van der Waals surface area (Å²) >= 11 is 0. The Bertz CT molecular complexity index is 457. The van der Waals surface area contributed by atoms with Crippen LogP contribution in [-0.2, 0) is 10.2 Å². The minimum Gasteiger partial charge on any atom is -0.379 e. The molecule has 0 aromatic heterocycles. The second-order valence-corrected chi connectivity index (χ2v) is 5.42. The van der Waals surface area contributed by atoms with Crippen molar-refractivity contribution in [1.82, 2.24) is 10.2 Å². The van der Waals surface area contributed by atoms with Gasteiger partial charge in [0.2, 0.25) is 0 Å². The molecular formula is C14H18F2N2O. The molecule has 0 amide bonds. The van der Waals surface area contributed by atoms with Crippen molar-refractivity contribution in [2.24, 2.45) is 0 Å². The number of ether oxygens (including phenoxy) is 1. The third kappa shape index (κ3) is 2.50. The molecule has 2 aliphatic rings. The number of piperazine rings is 1. The van der Waals surface area contributed by atoms with E-state index < -0.39 is 11.6 Å². The lowest BCUT2D eigenvalue weighted by molar-refractivity contribution is -0.0771. The van der Waals surface area contributed by atoms with Crippen molar-refractivity contribution in [3.8, 4) is 0 Å². The predicted molar refractivity (Wildman–Crippen MR) is 68.2 cm³/mol. The zero-order valence-electron chi connectivity index (χ0n) is 10.8. The lowest BCUT2D eigenvalue weighted by Crippen LogP contribution is -2.57. The average molecular weight is 268 g/mol. The minimum absolute atomic E-state index is 0.310. The van der Waals surface area contributed by atoms with E-state index in [1.165, 1.54) is 6.07 Å². The van der Waals surface area contributed by atoms with Crippen LogP contribution in [0.15, 0.2) is 18.2 Å². The summed E-state index contributed by atoms with van der Waals surface area (Å²) in [6.45, 7) is 5.65. The fraction of sp³-hybridized carbons (Fsp3) is 0.571. The topological polar surface area (TPSA) is 24.5 Å². The maximum Gasteiger partial charge on any atom is 0.130 e. The van der Waals surface area contributed by atoms with Gasteiger partial charge < -0.3 is 10.1 Å². The summed E-state index contributed by atoms with van der Waals surface area (Å²) in [6, 6.07) is 3.86. The standard InChI is InChI=1S/C14H18F2N2O/c15-11-1-2-12(13(16)7-11)14(9-19-10-14)8-18-5-3-17-4-6-18/h1-2,7,17H,3-6,8-10H2. The quantitative estimate of drug-likeness (QED) is 0.889. The fourth-order valence-electron chi connectivity index (χ4n) is 2.90. The Morgan fingerprint density at radius 1 is 1.21 bits per heavy atom. The van der Waals surface area contributed by atoms with Crippen molar-refractivity contribution < 1.29 is 13.5 Å². The summed E-state index contributed by atoms with van der Waals surface area (Å²) in [5, 5.41) is 3.30. The van der Waals surface area contributed by atoms with Crippen LogP contribution in [0.3, 0.4) is 0 Å². The van der Waals surface area contributed by atoms with Gasteiger partial charge in [0, 0.05) is 44.4 Å². The van der Waals surface area contributed by atoms with Crippen LogP contribution in [-0.4, -0.2) is 50.8 Å². The Morgan fingerprint density at radius 2 is 1.95 bits per heavy atom. The van der Waals surface area contributed by atoms with Gasteiger partial charge in [-0.05, 0) is 6.07 Å². The molecule has 0 unspecified atom stereocenters. The fourth-order valence-corrected chi connectivity index (χ4v) is 2.90. The Balaban J connectivity index is 1.81. The third-order valence-corrected chi connectivity index (χ3v) is 4.00. The van der Waals surface area contributed by atoms with E-state index in [-0.39, 0.29) is 5.41 Å². The first-order chi connectivity index (χ1) is 9.20. The van der Waals surface area contributed by atoms with Crippen LogP contribution in [0.4, 0.5) is 8.78 Å². The van der Waals surface area contributed by atoms with E-state index in [9.17, 15) is 8.78 Å². The number of halogens is 2. The van der Waals surface area contributed by atoms with Crippen LogP contribution in [0, 0.1) is 11.6 Å². The second kappa shape index (κ2) is 5.15. The zero-order valence-corrected chi connectivity index (χ0v) is 10.8. The molecule has 0 spiro atoms. The Labute approximate surface area is 111 Å². The molecule has 1 N–H and O–H groups in total. The van der Waals surface area contributed by atoms with E-state index in [1.807, 2.05) is 0 Å². The smallest absolute Gasteiger partial charge is 0.130 e. The Morgan fingerprint density at radius 3 is 2.53 bits per heavy atom. The lowest BCUT2D eigenvalue weighted by Gasteiger charge is -2.46. The van der Waals surface area contributed by atoms with Crippen LogP contribution >= 0.6 is 0 Å². The van der Waals surface area contributed by atoms with Crippen LogP contribution in [0.2, 0.25) is 0 Å². The third-order valence-electron chi connectivity index (χ3n) is 4.00. The van der Waals surface area contributed by atoms with Crippen LogP contribution < -0.4 is 5.32 Å². The molecule has 2 heterocycles. The predicted octanol–water partition coefficient (Wildman–Crippen LogP) is 1.14. The number of benzene rings is 1. The van der Waals surface area contributed by atoms with E-state index in [0.29, 0.717) is 18.8 Å². The molecule has 104 valence electrons. The molecule has 2 saturated heterocycles. The van der Waals surface area contributed by atoms with Gasteiger partial charge in [0.25, 0.3) is 0 Å². The molecule has 0 atom stereocenters. The number of hydrogen-bond donors (Lipinski definition) is 1. The number of nitrogens with zero attached hydrogens (tertiary/aromatic N) is 1. The molecule has 2 fully saturated rings. The van der Waals surface area contributed by atoms with E-state index >= 15 is 0 Å². The number of hydrogen-bond acceptors (Lipinski definition) is 3. The van der Waals surface area contributed by atoms with Gasteiger partial charge in [0.05, 0.1) is 18.6 Å². The van der Waals surface area contributed by atoms with Crippen LogP contribution in [0.5, 0.6) is 0 Å². The molecule has 1 aromatic rings. The van der Waals surface area contributed by atoms with Crippen LogP contribution in [0.25, 0.3) is 0 Å². The molecule has 0 aliphatic carbocycles. The lowest BCUT2D eigenvalue weighted by atomic mass is 9.77. The molecule has 0 bridgehead atoms. The highest BCUT2D eigenvalue weighted by Gasteiger charge is 2.43. The minimum atomic E-state index is -0.529. The maximum atomic E-state index is 14.0. The van der Waals surface area contributed by atoms with Crippen molar-refractivity contribution in [3.63, 3.8) is 0 Å². The first-order valence-electron chi connectivity index (χ1n) is 6.66. The summed E-state index contributed by atoms with van der Waals surface area (Å²) < 4.78 is 32.3. The van der Waals surface area contributed by atoms with Crippen molar-refractivity contribution in [1.29, 1.82) is 0 Å². The van der Waals surface area contributed by atoms with Crippen molar-refractivity contribution in [3.05, 3.63) is 35.4 Å². The zero-order chi connectivity index (χ0) is 13.3. The number of nitrogens with one attached hydrogen (secondary N) is 1. The first kappa shape index (κ1) is 13.0. The van der Waals surface area contributed by atoms with Gasteiger partial charge >= 0.3 is 0 Å². The molecular weight excluding hydrogens is 250 g/mol. The molecule has 0 saturated carbocycles. The highest BCUT2D eigenvalue weighted by atomic mass is 19.1. The SMILES string of the molecule is Fc1ccc(C2(CN3CCNCC3)COC2)c(F)c1. The summed E-state index contributed by atoms with van der Waals surface area (Å²) in [5.41, 5.74) is 0.272. The second-order valence-electron chi connectivity index (χ2n) is 5.42. The van der Waals surface area contributed by atoms with E-state index in [1.54, 1.807) is 6.07 Å². The van der Waals surface area contributed by atoms with Crippen molar-refractivity contribution in [2.45, 2.75) is 5.41 Å². The van der Waals surface area contributed by atoms with Gasteiger partial charge in [-0.15, -0.1) is 0 Å². The maximum absolute atomic E-state index is 14.0. The van der Waals surface area contributed by atoms with Gasteiger partial charge in [-0.3, -0.25) is 4.90 Å². The van der Waals surface area contributed by atoms with E-state index in [0.717, 1.165) is 38.8 Å². The normalized spacial score (nSPS) is 23.1. The molecule has 5 heteroatoms. The largest absolute Gasteiger partial charge is 0.379 e. The molecule has 0 radical (unpaired) electrons. The van der Waals surface area contributed by atoms with E-state index in [4.69, 9.17) is 4.74 Å². The van der Waals surface area contributed by atoms with Crippen LogP contribution in [0.1, 0.15) is 5.56 Å². The Kier molecular flexibility index (Phi) is 3.52. The monoisotopic (exact) mass is 268 g/mol. The highest BCUT2D eigenvalue weighted by Crippen LogP contribution is 2.35. The van der Waals surface area contributed by atoms with Crippen molar-refractivity contribution in [2.75, 3.05) is 45.9 Å². The van der Waals surface area contributed by atoms with Gasteiger partial charge in [0.1, 0.15) is 11.6 Å². The molecule has 2 aliphatic heterocycles. The van der Waals surface area contributed by atoms with Gasteiger partial charge in [-0.1, -0.05) is 6.07 Å². The molecule has 3 nitrogen and oxygen atoms in total. The summed E-state index contributed by atoms with van der Waals surface area (Å²) in [7, 11) is 0. The summed E-state index contributed by atoms with van der Waals surface area (Å²) in [6.07, 6.45) is 0. The summed E-state index contributed by atoms with van der Waals surface area (Å²) in [4.78, 5) is 2.32. The average Bonchev–Trinajstić information content (AvgIpc) is 2.36. The molecule has 3 rings (SSSR count). The number of rotatable bonds is 3. The Hall–Kier alpha value is -1.04. The molecule has 19 heavy (non-hydrogen) atoms. The van der Waals surface area contributed by atoms with Gasteiger partial charge in [0.15, 0.2) is 0 Å². The van der Waals surface area contributed by atoms with E-state index in [2.05, 4.69) is 10.2 Å². The van der Waals surface area contributed by atoms with Gasteiger partial charge in [-0.25, -0.2) is 8.78 Å². The first-order valence-corrected chi connectivity index (χ1v) is 6.66. The summed E-state index contributed by atoms with van der Waals surface area (Å²) in [5.74, 6) is -0.989. The van der Waals surface area contributed by atoms with Crippen molar-refractivity contribution >= 4 is 0 Å². The van der Waals surface area contributed by atoms with Gasteiger partial charge in [-0.2, -0.15) is 0 Å².